The van der Waals surface area contributed by atoms with Gasteiger partial charge in [0.05, 0.1) is 11.8 Å². The van der Waals surface area contributed by atoms with E-state index in [-0.39, 0.29) is 5.97 Å². The van der Waals surface area contributed by atoms with Gasteiger partial charge >= 0.3 is 5.97 Å². The van der Waals surface area contributed by atoms with Crippen LogP contribution < -0.4 is 0 Å². The normalized spacial score (nSPS) is 19.0. The predicted molar refractivity (Wildman–Crippen MR) is 46.5 cm³/mol. The van der Waals surface area contributed by atoms with Gasteiger partial charge in [-0.3, -0.25) is 0 Å². The monoisotopic (exact) mass is 176 g/mol. The Labute approximate surface area is 75.3 Å². The zero-order valence-corrected chi connectivity index (χ0v) is 7.11. The van der Waals surface area contributed by atoms with Crippen LogP contribution in [0.1, 0.15) is 12.7 Å². The first-order chi connectivity index (χ1) is 6.25. The largest absolute Gasteiger partial charge is 0.465 e. The third-order valence-electron chi connectivity index (χ3n) is 1.69. The molecule has 1 aromatic heterocycles. The highest BCUT2D eigenvalue weighted by atomic mass is 16.5. The van der Waals surface area contributed by atoms with Crippen LogP contribution >= 0.6 is 0 Å². The average molecular weight is 176 g/mol. The maximum atomic E-state index is 11.1. The molecule has 0 amide bonds. The fraction of sp³-hybridized carbons (Fsp3) is 0.100. The van der Waals surface area contributed by atoms with Crippen LogP contribution in [0.5, 0.6) is 0 Å². The van der Waals surface area contributed by atoms with Crippen molar-refractivity contribution in [3.63, 3.8) is 0 Å². The lowest BCUT2D eigenvalue weighted by Gasteiger charge is -1.90. The molecule has 0 saturated heterocycles. The van der Waals surface area contributed by atoms with Crippen LogP contribution in [-0.4, -0.2) is 5.97 Å². The van der Waals surface area contributed by atoms with E-state index in [0.717, 1.165) is 0 Å². The molecule has 0 fully saturated rings. The summed E-state index contributed by atoms with van der Waals surface area (Å²) in [6, 6.07) is 3.55. The number of carbonyl (C=O) groups is 1. The Kier molecular flexibility index (Phi) is 1.77. The molecule has 0 bridgehead atoms. The molecule has 1 aliphatic heterocycles. The van der Waals surface area contributed by atoms with Crippen LogP contribution in [0.15, 0.2) is 40.2 Å². The Morgan fingerprint density at radius 1 is 1.46 bits per heavy atom. The molecule has 0 atom stereocenters. The molecule has 0 aromatic carbocycles. The molecule has 0 spiro atoms. The summed E-state index contributed by atoms with van der Waals surface area (Å²) in [6.07, 6.45) is 4.90. The molecule has 0 saturated carbocycles. The second kappa shape index (κ2) is 2.94. The first-order valence-electron chi connectivity index (χ1n) is 3.91. The van der Waals surface area contributed by atoms with Crippen molar-refractivity contribution in [2.45, 2.75) is 6.92 Å². The Balaban J connectivity index is 2.31. The van der Waals surface area contributed by atoms with Gasteiger partial charge in [-0.1, -0.05) is 0 Å². The van der Waals surface area contributed by atoms with Crippen molar-refractivity contribution >= 4 is 12.0 Å². The number of hydrogen-bond acceptors (Lipinski definition) is 3. The highest BCUT2D eigenvalue weighted by Crippen LogP contribution is 2.19. The first-order valence-corrected chi connectivity index (χ1v) is 3.91. The van der Waals surface area contributed by atoms with E-state index in [9.17, 15) is 4.79 Å². The molecular formula is C10H8O3. The molecular weight excluding hydrogens is 168 g/mol. The van der Waals surface area contributed by atoms with Gasteiger partial charge in [-0.25, -0.2) is 4.79 Å². The quantitative estimate of drug-likeness (QED) is 0.486. The van der Waals surface area contributed by atoms with Crippen molar-refractivity contribution < 1.29 is 13.9 Å². The lowest BCUT2D eigenvalue weighted by molar-refractivity contribution is -0.133. The van der Waals surface area contributed by atoms with Gasteiger partial charge in [0.25, 0.3) is 0 Å². The van der Waals surface area contributed by atoms with Gasteiger partial charge in [-0.05, 0) is 31.2 Å². The van der Waals surface area contributed by atoms with E-state index < -0.39 is 0 Å². The van der Waals surface area contributed by atoms with E-state index >= 15 is 0 Å². The van der Waals surface area contributed by atoms with Crippen molar-refractivity contribution in [3.05, 3.63) is 41.6 Å². The predicted octanol–water partition coefficient (Wildman–Crippen LogP) is 2.12. The van der Waals surface area contributed by atoms with E-state index in [4.69, 9.17) is 9.15 Å². The Hall–Kier alpha value is -1.77. The van der Waals surface area contributed by atoms with E-state index in [2.05, 4.69) is 0 Å². The van der Waals surface area contributed by atoms with Gasteiger partial charge in [-0.2, -0.15) is 0 Å². The summed E-state index contributed by atoms with van der Waals surface area (Å²) in [5, 5.41) is 0. The fourth-order valence-electron chi connectivity index (χ4n) is 1.14. The third kappa shape index (κ3) is 1.54. The smallest absolute Gasteiger partial charge is 0.343 e. The lowest BCUT2D eigenvalue weighted by Crippen LogP contribution is -1.95. The number of cyclic esters (lactones) is 1. The number of hydrogen-bond donors (Lipinski definition) is 0. The molecule has 1 aromatic rings. The summed E-state index contributed by atoms with van der Waals surface area (Å²) < 4.78 is 9.90. The average Bonchev–Trinajstić information content (AvgIpc) is 2.63. The molecule has 13 heavy (non-hydrogen) atoms. The molecule has 2 heterocycles. The minimum absolute atomic E-state index is 0.325. The van der Waals surface area contributed by atoms with Crippen LogP contribution in [0, 0.1) is 0 Å². The van der Waals surface area contributed by atoms with Crippen LogP contribution in [0.2, 0.25) is 0 Å². The highest BCUT2D eigenvalue weighted by Gasteiger charge is 2.17. The van der Waals surface area contributed by atoms with E-state index in [1.54, 1.807) is 37.5 Å². The number of ether oxygens (including phenoxy) is 1. The maximum Gasteiger partial charge on any atom is 0.343 e. The minimum atomic E-state index is -0.325. The summed E-state index contributed by atoms with van der Waals surface area (Å²) in [5.41, 5.74) is 0.521. The van der Waals surface area contributed by atoms with Crippen LogP contribution in [0.25, 0.3) is 6.08 Å². The zero-order valence-electron chi connectivity index (χ0n) is 7.11. The van der Waals surface area contributed by atoms with Crippen molar-refractivity contribution in [2.24, 2.45) is 0 Å². The second-order valence-corrected chi connectivity index (χ2v) is 2.76. The van der Waals surface area contributed by atoms with Gasteiger partial charge in [-0.15, -0.1) is 0 Å². The molecule has 66 valence electrons. The van der Waals surface area contributed by atoms with Gasteiger partial charge in [0.15, 0.2) is 0 Å². The maximum absolute atomic E-state index is 11.1. The summed E-state index contributed by atoms with van der Waals surface area (Å²) >= 11 is 0. The highest BCUT2D eigenvalue weighted by molar-refractivity contribution is 5.99. The number of esters is 1. The molecule has 1 aliphatic rings. The molecule has 0 unspecified atom stereocenters. The Bertz CT molecular complexity index is 382. The number of allylic oxidation sites excluding steroid dienone is 1. The Morgan fingerprint density at radius 2 is 2.31 bits per heavy atom. The molecule has 2 rings (SSSR count). The summed E-state index contributed by atoms with van der Waals surface area (Å²) in [7, 11) is 0. The lowest BCUT2D eigenvalue weighted by atomic mass is 10.2. The van der Waals surface area contributed by atoms with Gasteiger partial charge in [0.2, 0.25) is 0 Å². The molecule has 0 radical (unpaired) electrons. The SMILES string of the molecule is CC1=C/C(=C/c2ccco2)C(=O)O1. The fourth-order valence-corrected chi connectivity index (χ4v) is 1.14. The number of furan rings is 1. The topological polar surface area (TPSA) is 39.4 Å². The Morgan fingerprint density at radius 3 is 2.85 bits per heavy atom. The van der Waals surface area contributed by atoms with Crippen LogP contribution in [0.4, 0.5) is 0 Å². The van der Waals surface area contributed by atoms with Gasteiger partial charge in [0.1, 0.15) is 11.5 Å². The van der Waals surface area contributed by atoms with Gasteiger partial charge in [0, 0.05) is 0 Å². The standard InChI is InChI=1S/C10H8O3/c1-7-5-8(10(11)13-7)6-9-3-2-4-12-9/h2-6H,1H3/b8-6-. The molecule has 3 heteroatoms. The molecule has 0 N–H and O–H groups in total. The number of carbonyl (C=O) groups excluding carboxylic acids is 1. The second-order valence-electron chi connectivity index (χ2n) is 2.76. The summed E-state index contributed by atoms with van der Waals surface area (Å²) in [4.78, 5) is 11.1. The van der Waals surface area contributed by atoms with Gasteiger partial charge < -0.3 is 9.15 Å². The molecule has 3 nitrogen and oxygen atoms in total. The van der Waals surface area contributed by atoms with E-state index in [0.29, 0.717) is 17.1 Å². The summed E-state index contributed by atoms with van der Waals surface area (Å²) in [5.74, 6) is 0.939. The molecule has 0 aliphatic carbocycles. The number of rotatable bonds is 1. The van der Waals surface area contributed by atoms with Crippen molar-refractivity contribution in [2.75, 3.05) is 0 Å². The third-order valence-corrected chi connectivity index (χ3v) is 1.69. The van der Waals surface area contributed by atoms with Crippen LogP contribution in [0.3, 0.4) is 0 Å². The van der Waals surface area contributed by atoms with Crippen molar-refractivity contribution in [1.82, 2.24) is 0 Å². The van der Waals surface area contributed by atoms with Crippen molar-refractivity contribution in [1.29, 1.82) is 0 Å². The van der Waals surface area contributed by atoms with Crippen molar-refractivity contribution in [3.8, 4) is 0 Å². The minimum Gasteiger partial charge on any atom is -0.465 e. The van der Waals surface area contributed by atoms with Crippen LogP contribution in [-0.2, 0) is 9.53 Å². The summed E-state index contributed by atoms with van der Waals surface area (Å²) in [6.45, 7) is 1.74. The van der Waals surface area contributed by atoms with E-state index in [1.807, 2.05) is 0 Å². The first kappa shape index (κ1) is 7.86. The van der Waals surface area contributed by atoms with E-state index in [1.165, 1.54) is 0 Å². The zero-order chi connectivity index (χ0) is 9.26.